The first-order valence-electron chi connectivity index (χ1n) is 8.74. The van der Waals surface area contributed by atoms with Gasteiger partial charge in [-0.05, 0) is 54.1 Å². The highest BCUT2D eigenvalue weighted by Crippen LogP contribution is 2.35. The molecule has 29 heavy (non-hydrogen) atoms. The van der Waals surface area contributed by atoms with Crippen LogP contribution in [0.15, 0.2) is 72.5 Å². The molecule has 0 radical (unpaired) electrons. The van der Waals surface area contributed by atoms with Crippen molar-refractivity contribution >= 4 is 29.4 Å². The van der Waals surface area contributed by atoms with Gasteiger partial charge in [-0.2, -0.15) is 0 Å². The van der Waals surface area contributed by atoms with Gasteiger partial charge in [-0.1, -0.05) is 29.8 Å². The second-order valence-corrected chi connectivity index (χ2v) is 6.64. The summed E-state index contributed by atoms with van der Waals surface area (Å²) in [7, 11) is 1.55. The van der Waals surface area contributed by atoms with E-state index in [2.05, 4.69) is 0 Å². The topological polar surface area (TPSA) is 61.8 Å². The number of carbonyl (C=O) groups is 2. The fourth-order valence-electron chi connectivity index (χ4n) is 2.86. The van der Waals surface area contributed by atoms with Crippen molar-refractivity contribution in [2.45, 2.75) is 0 Å². The Kier molecular flexibility index (Phi) is 5.06. The summed E-state index contributed by atoms with van der Waals surface area (Å²) < 4.78 is 16.2. The minimum atomic E-state index is -0.524. The van der Waals surface area contributed by atoms with Gasteiger partial charge < -0.3 is 14.2 Å². The number of ether oxygens (including phenoxy) is 3. The Bertz CT molecular complexity index is 1130. The molecular formula is C23H15ClO5. The first-order valence-corrected chi connectivity index (χ1v) is 9.12. The van der Waals surface area contributed by atoms with E-state index in [1.807, 2.05) is 6.07 Å². The Hall–Kier alpha value is -3.57. The first-order chi connectivity index (χ1) is 14.0. The molecule has 0 saturated carbocycles. The highest BCUT2D eigenvalue weighted by molar-refractivity contribution is 6.32. The third-order valence-corrected chi connectivity index (χ3v) is 4.71. The van der Waals surface area contributed by atoms with Crippen LogP contribution in [0.2, 0.25) is 5.02 Å². The van der Waals surface area contributed by atoms with Crippen LogP contribution in [-0.2, 0) is 0 Å². The average Bonchev–Trinajstić information content (AvgIpc) is 3.04. The Labute approximate surface area is 172 Å². The molecule has 0 fully saturated rings. The zero-order valence-corrected chi connectivity index (χ0v) is 16.1. The molecule has 144 valence electrons. The van der Waals surface area contributed by atoms with E-state index in [9.17, 15) is 9.59 Å². The number of benzene rings is 3. The first kappa shape index (κ1) is 18.8. The highest BCUT2D eigenvalue weighted by Gasteiger charge is 2.28. The van der Waals surface area contributed by atoms with Crippen molar-refractivity contribution in [3.05, 3.63) is 94.2 Å². The predicted octanol–water partition coefficient (Wildman–Crippen LogP) is 5.18. The molecule has 6 heteroatoms. The predicted molar refractivity (Wildman–Crippen MR) is 109 cm³/mol. The summed E-state index contributed by atoms with van der Waals surface area (Å²) in [6.07, 6.45) is 1.59. The zero-order valence-electron chi connectivity index (χ0n) is 15.3. The Morgan fingerprint density at radius 2 is 1.72 bits per heavy atom. The molecule has 0 unspecified atom stereocenters. The maximum atomic E-state index is 12.6. The molecule has 0 aliphatic carbocycles. The molecule has 5 nitrogen and oxygen atoms in total. The van der Waals surface area contributed by atoms with E-state index in [-0.39, 0.29) is 17.3 Å². The number of esters is 1. The number of ketones is 1. The lowest BCUT2D eigenvalue weighted by Crippen LogP contribution is -2.08. The Balaban J connectivity index is 1.54. The number of fused-ring (bicyclic) bond motifs is 1. The summed E-state index contributed by atoms with van der Waals surface area (Å²) in [6, 6.07) is 18.4. The van der Waals surface area contributed by atoms with E-state index >= 15 is 0 Å². The van der Waals surface area contributed by atoms with Crippen LogP contribution in [0.1, 0.15) is 26.3 Å². The molecule has 3 aromatic carbocycles. The number of hydrogen-bond donors (Lipinski definition) is 0. The van der Waals surface area contributed by atoms with Crippen molar-refractivity contribution in [2.24, 2.45) is 0 Å². The largest absolute Gasteiger partial charge is 0.497 e. The number of allylic oxidation sites excluding steroid dienone is 1. The van der Waals surface area contributed by atoms with Crippen molar-refractivity contribution in [1.29, 1.82) is 0 Å². The molecule has 4 rings (SSSR count). The monoisotopic (exact) mass is 406 g/mol. The highest BCUT2D eigenvalue weighted by atomic mass is 35.5. The fourth-order valence-corrected chi connectivity index (χ4v) is 3.05. The normalized spacial score (nSPS) is 13.7. The van der Waals surface area contributed by atoms with Gasteiger partial charge in [0.25, 0.3) is 0 Å². The van der Waals surface area contributed by atoms with Crippen LogP contribution in [0.25, 0.3) is 6.08 Å². The minimum absolute atomic E-state index is 0.159. The summed E-state index contributed by atoms with van der Waals surface area (Å²) in [4.78, 5) is 24.9. The summed E-state index contributed by atoms with van der Waals surface area (Å²) in [5.41, 5.74) is 1.45. The molecule has 3 aromatic rings. The molecule has 0 amide bonds. The van der Waals surface area contributed by atoms with Crippen LogP contribution in [0.4, 0.5) is 0 Å². The molecule has 1 heterocycles. The van der Waals surface area contributed by atoms with Crippen LogP contribution >= 0.6 is 11.6 Å². The van der Waals surface area contributed by atoms with Gasteiger partial charge in [0.1, 0.15) is 17.2 Å². The SMILES string of the molecule is COc1ccc(C(=O)Oc2ccc3c(c2)O/C(=C\c2ccccc2Cl)C3=O)cc1. The standard InChI is InChI=1S/C23H15ClO5/c1-27-16-8-6-14(7-9-16)23(26)28-17-10-11-18-20(13-17)29-21(22(18)25)12-15-4-2-3-5-19(15)24/h2-13H,1H3/b21-12-. The van der Waals surface area contributed by atoms with E-state index in [0.29, 0.717) is 33.2 Å². The zero-order chi connectivity index (χ0) is 20.4. The number of hydrogen-bond acceptors (Lipinski definition) is 5. The van der Waals surface area contributed by atoms with Crippen LogP contribution in [0.3, 0.4) is 0 Å². The van der Waals surface area contributed by atoms with Crippen LogP contribution in [-0.4, -0.2) is 18.9 Å². The molecule has 0 atom stereocenters. The van der Waals surface area contributed by atoms with Gasteiger partial charge in [0.15, 0.2) is 5.76 Å². The molecule has 0 saturated heterocycles. The second kappa shape index (κ2) is 7.81. The van der Waals surface area contributed by atoms with E-state index in [0.717, 1.165) is 0 Å². The number of carbonyl (C=O) groups excluding carboxylic acids is 2. The molecule has 1 aliphatic heterocycles. The van der Waals surface area contributed by atoms with Crippen LogP contribution < -0.4 is 14.2 Å². The van der Waals surface area contributed by atoms with Gasteiger partial charge in [-0.25, -0.2) is 4.79 Å². The number of rotatable bonds is 4. The van der Waals surface area contributed by atoms with Crippen molar-refractivity contribution in [3.63, 3.8) is 0 Å². The van der Waals surface area contributed by atoms with Gasteiger partial charge in [-0.15, -0.1) is 0 Å². The Morgan fingerprint density at radius 3 is 2.45 bits per heavy atom. The molecule has 0 spiro atoms. The van der Waals surface area contributed by atoms with E-state index in [1.54, 1.807) is 67.8 Å². The molecule has 0 bridgehead atoms. The lowest BCUT2D eigenvalue weighted by Gasteiger charge is -2.06. The molecular weight excluding hydrogens is 392 g/mol. The van der Waals surface area contributed by atoms with Gasteiger partial charge in [0.2, 0.25) is 5.78 Å². The van der Waals surface area contributed by atoms with Gasteiger partial charge in [0, 0.05) is 11.1 Å². The van der Waals surface area contributed by atoms with Gasteiger partial charge in [0.05, 0.1) is 18.2 Å². The van der Waals surface area contributed by atoms with Crippen molar-refractivity contribution in [2.75, 3.05) is 7.11 Å². The molecule has 0 aromatic heterocycles. The number of halogens is 1. The number of methoxy groups -OCH3 is 1. The quantitative estimate of drug-likeness (QED) is 0.339. The number of Topliss-reactive ketones (excluding diaryl/α,β-unsaturated/α-hetero) is 1. The summed E-state index contributed by atoms with van der Waals surface area (Å²) in [5, 5.41) is 0.515. The van der Waals surface area contributed by atoms with Crippen molar-refractivity contribution in [1.82, 2.24) is 0 Å². The van der Waals surface area contributed by atoms with E-state index < -0.39 is 5.97 Å². The van der Waals surface area contributed by atoms with Crippen molar-refractivity contribution < 1.29 is 23.8 Å². The average molecular weight is 407 g/mol. The van der Waals surface area contributed by atoms with Gasteiger partial charge >= 0.3 is 5.97 Å². The molecule has 0 N–H and O–H groups in total. The van der Waals surface area contributed by atoms with E-state index in [1.165, 1.54) is 6.07 Å². The van der Waals surface area contributed by atoms with Crippen molar-refractivity contribution in [3.8, 4) is 17.2 Å². The van der Waals surface area contributed by atoms with Crippen LogP contribution in [0.5, 0.6) is 17.2 Å². The summed E-state index contributed by atoms with van der Waals surface area (Å²) >= 11 is 6.14. The lowest BCUT2D eigenvalue weighted by atomic mass is 10.1. The third-order valence-electron chi connectivity index (χ3n) is 4.37. The maximum absolute atomic E-state index is 12.6. The summed E-state index contributed by atoms with van der Waals surface area (Å²) in [6.45, 7) is 0. The summed E-state index contributed by atoms with van der Waals surface area (Å²) in [5.74, 6) is 0.622. The minimum Gasteiger partial charge on any atom is -0.497 e. The third kappa shape index (κ3) is 3.86. The van der Waals surface area contributed by atoms with Gasteiger partial charge in [-0.3, -0.25) is 4.79 Å². The molecule has 1 aliphatic rings. The maximum Gasteiger partial charge on any atom is 0.343 e. The Morgan fingerprint density at radius 1 is 1.00 bits per heavy atom. The van der Waals surface area contributed by atoms with Crippen LogP contribution in [0, 0.1) is 0 Å². The van der Waals surface area contributed by atoms with E-state index in [4.69, 9.17) is 25.8 Å². The lowest BCUT2D eigenvalue weighted by molar-refractivity contribution is 0.0734. The second-order valence-electron chi connectivity index (χ2n) is 6.24. The fraction of sp³-hybridized carbons (Fsp3) is 0.0435. The smallest absolute Gasteiger partial charge is 0.343 e.